The van der Waals surface area contributed by atoms with Crippen molar-refractivity contribution in [1.82, 2.24) is 0 Å². The minimum Gasteiger partial charge on any atom is -0.480 e. The number of alkyl halides is 2. The Morgan fingerprint density at radius 3 is 2.50 bits per heavy atom. The summed E-state index contributed by atoms with van der Waals surface area (Å²) in [6.07, 6.45) is -0.546. The number of primary sulfonamides is 1. The van der Waals surface area contributed by atoms with Crippen molar-refractivity contribution in [2.75, 3.05) is 0 Å². The minimum atomic E-state index is -3.74. The van der Waals surface area contributed by atoms with Crippen LogP contribution in [0.25, 0.3) is 11.1 Å². The maximum atomic E-state index is 13.0. The summed E-state index contributed by atoms with van der Waals surface area (Å²) in [6, 6.07) is 17.7. The summed E-state index contributed by atoms with van der Waals surface area (Å²) in [5.41, 5.74) is 3.73. The van der Waals surface area contributed by atoms with Crippen LogP contribution in [0.2, 0.25) is 0 Å². The summed E-state index contributed by atoms with van der Waals surface area (Å²) < 4.78 is 60.2. The third kappa shape index (κ3) is 4.15. The molecule has 30 heavy (non-hydrogen) atoms. The van der Waals surface area contributed by atoms with E-state index in [1.165, 1.54) is 6.07 Å². The summed E-state index contributed by atoms with van der Waals surface area (Å²) >= 11 is 0. The van der Waals surface area contributed by atoms with E-state index in [4.69, 9.17) is 14.6 Å². The van der Waals surface area contributed by atoms with E-state index in [2.05, 4.69) is 0 Å². The smallest absolute Gasteiger partial charge is 0.387 e. The molecule has 0 fully saturated rings. The van der Waals surface area contributed by atoms with E-state index in [-0.39, 0.29) is 11.5 Å². The Morgan fingerprint density at radius 2 is 1.83 bits per heavy atom. The first-order chi connectivity index (χ1) is 14.2. The highest BCUT2D eigenvalue weighted by Crippen LogP contribution is 2.50. The van der Waals surface area contributed by atoms with Crippen molar-refractivity contribution >= 4 is 10.0 Å². The zero-order chi connectivity index (χ0) is 21.5. The summed E-state index contributed by atoms with van der Waals surface area (Å²) in [6.45, 7) is -1.22. The first-order valence-corrected chi connectivity index (χ1v) is 10.9. The van der Waals surface area contributed by atoms with Crippen LogP contribution in [0.3, 0.4) is 0 Å². The van der Waals surface area contributed by atoms with Gasteiger partial charge in [-0.15, -0.1) is 0 Å². The number of hydrogen-bond donors (Lipinski definition) is 1. The molecule has 3 aromatic rings. The van der Waals surface area contributed by atoms with Gasteiger partial charge in [0.2, 0.25) is 10.0 Å². The van der Waals surface area contributed by atoms with Crippen LogP contribution in [-0.4, -0.2) is 15.0 Å². The molecule has 0 bridgehead atoms. The number of ether oxygens (including phenoxy) is 2. The molecular formula is C22H19F2NO4S. The molecule has 1 heterocycles. The number of halogens is 2. The van der Waals surface area contributed by atoms with Crippen LogP contribution < -0.4 is 14.6 Å². The Hall–Kier alpha value is -2.97. The highest BCUT2D eigenvalue weighted by Gasteiger charge is 2.31. The number of fused-ring (bicyclic) bond motifs is 3. The molecule has 0 saturated heterocycles. The fourth-order valence-corrected chi connectivity index (χ4v) is 4.36. The van der Waals surface area contributed by atoms with Crippen molar-refractivity contribution in [3.63, 3.8) is 0 Å². The zero-order valence-electron chi connectivity index (χ0n) is 16.0. The van der Waals surface area contributed by atoms with Crippen molar-refractivity contribution in [2.24, 2.45) is 5.14 Å². The molecule has 3 aromatic carbocycles. The molecule has 1 atom stereocenters. The van der Waals surface area contributed by atoms with Crippen LogP contribution in [0.5, 0.6) is 11.5 Å². The van der Waals surface area contributed by atoms with Crippen molar-refractivity contribution in [3.8, 4) is 22.6 Å². The van der Waals surface area contributed by atoms with Gasteiger partial charge in [0.1, 0.15) is 17.6 Å². The Kier molecular flexibility index (Phi) is 5.21. The number of rotatable bonds is 5. The van der Waals surface area contributed by atoms with Crippen LogP contribution in [0, 0.1) is 6.92 Å². The van der Waals surface area contributed by atoms with Crippen LogP contribution in [0.15, 0.2) is 60.7 Å². The van der Waals surface area contributed by atoms with Crippen LogP contribution >= 0.6 is 0 Å². The third-order valence-electron chi connectivity index (χ3n) is 4.81. The average molecular weight is 431 g/mol. The van der Waals surface area contributed by atoms with E-state index in [1.54, 1.807) is 31.2 Å². The monoisotopic (exact) mass is 431 g/mol. The molecule has 8 heteroatoms. The standard InChI is InChI=1S/C22H19F2NO4S/c1-13-9-18-20(19(10-13)29-22(23)24)16-8-7-14(12-30(25,26)27)11-17(16)21(28-18)15-5-3-2-4-6-15/h2-11,21-22H,12H2,1H3,(H2,25,26,27). The Balaban J connectivity index is 1.94. The fraction of sp³-hybridized carbons (Fsp3) is 0.182. The van der Waals surface area contributed by atoms with Gasteiger partial charge in [-0.2, -0.15) is 8.78 Å². The lowest BCUT2D eigenvalue weighted by molar-refractivity contribution is -0.0496. The third-order valence-corrected chi connectivity index (χ3v) is 5.54. The van der Waals surface area contributed by atoms with Gasteiger partial charge in [-0.1, -0.05) is 48.5 Å². The van der Waals surface area contributed by atoms with Gasteiger partial charge >= 0.3 is 6.61 Å². The molecule has 1 aliphatic heterocycles. The Bertz CT molecular complexity index is 1200. The molecule has 0 spiro atoms. The first-order valence-electron chi connectivity index (χ1n) is 9.16. The van der Waals surface area contributed by atoms with Crippen molar-refractivity contribution in [1.29, 1.82) is 0 Å². The van der Waals surface area contributed by atoms with Crippen LogP contribution in [0.1, 0.15) is 28.4 Å². The lowest BCUT2D eigenvalue weighted by Gasteiger charge is -2.31. The van der Waals surface area contributed by atoms with Crippen LogP contribution in [0.4, 0.5) is 8.78 Å². The number of hydrogen-bond acceptors (Lipinski definition) is 4. The molecule has 1 unspecified atom stereocenters. The first kappa shape index (κ1) is 20.3. The van der Waals surface area contributed by atoms with Gasteiger partial charge < -0.3 is 9.47 Å². The van der Waals surface area contributed by atoms with E-state index in [1.807, 2.05) is 30.3 Å². The highest BCUT2D eigenvalue weighted by molar-refractivity contribution is 7.88. The normalized spacial score (nSPS) is 15.3. The predicted octanol–water partition coefficient (Wildman–Crippen LogP) is 4.53. The van der Waals surface area contributed by atoms with Gasteiger partial charge in [0.25, 0.3) is 0 Å². The SMILES string of the molecule is Cc1cc(OC(F)F)c2c(c1)OC(c1ccccc1)c1cc(CS(N)(=O)=O)ccc1-2. The second kappa shape index (κ2) is 7.70. The predicted molar refractivity (Wildman–Crippen MR) is 109 cm³/mol. The maximum absolute atomic E-state index is 13.0. The van der Waals surface area contributed by atoms with E-state index < -0.39 is 22.7 Å². The number of nitrogens with two attached hydrogens (primary N) is 1. The van der Waals surface area contributed by atoms with Gasteiger partial charge in [0.15, 0.2) is 0 Å². The summed E-state index contributed by atoms with van der Waals surface area (Å²) in [7, 11) is -3.74. The van der Waals surface area contributed by atoms with Crippen molar-refractivity contribution in [2.45, 2.75) is 25.4 Å². The Morgan fingerprint density at radius 1 is 1.10 bits per heavy atom. The molecule has 0 amide bonds. The molecular weight excluding hydrogens is 412 g/mol. The maximum Gasteiger partial charge on any atom is 0.387 e. The van der Waals surface area contributed by atoms with E-state index in [0.717, 1.165) is 5.56 Å². The quantitative estimate of drug-likeness (QED) is 0.644. The molecule has 0 aromatic heterocycles. The zero-order valence-corrected chi connectivity index (χ0v) is 16.8. The lowest BCUT2D eigenvalue weighted by atomic mass is 9.87. The van der Waals surface area contributed by atoms with E-state index >= 15 is 0 Å². The summed E-state index contributed by atoms with van der Waals surface area (Å²) in [4.78, 5) is 0. The molecule has 0 radical (unpaired) electrons. The second-order valence-electron chi connectivity index (χ2n) is 7.15. The minimum absolute atomic E-state index is 0.00644. The molecule has 0 saturated carbocycles. The second-order valence-corrected chi connectivity index (χ2v) is 8.77. The van der Waals surface area contributed by atoms with E-state index in [9.17, 15) is 17.2 Å². The van der Waals surface area contributed by atoms with Gasteiger partial charge in [0, 0.05) is 5.56 Å². The topological polar surface area (TPSA) is 78.6 Å². The van der Waals surface area contributed by atoms with E-state index in [0.29, 0.717) is 33.6 Å². The highest BCUT2D eigenvalue weighted by atomic mass is 32.2. The van der Waals surface area contributed by atoms with Crippen molar-refractivity contribution in [3.05, 3.63) is 82.9 Å². The van der Waals surface area contributed by atoms with Gasteiger partial charge in [-0.05, 0) is 41.3 Å². The van der Waals surface area contributed by atoms with Crippen molar-refractivity contribution < 1.29 is 26.7 Å². The summed E-state index contributed by atoms with van der Waals surface area (Å²) in [5.74, 6) is 0.0845. The number of benzene rings is 3. The fourth-order valence-electron chi connectivity index (χ4n) is 3.71. The molecule has 2 N–H and O–H groups in total. The summed E-state index contributed by atoms with van der Waals surface area (Å²) in [5, 5.41) is 5.20. The van der Waals surface area contributed by atoms with Gasteiger partial charge in [0.05, 0.1) is 11.3 Å². The lowest BCUT2D eigenvalue weighted by Crippen LogP contribution is -2.18. The number of sulfonamides is 1. The molecule has 156 valence electrons. The largest absolute Gasteiger partial charge is 0.480 e. The van der Waals surface area contributed by atoms with Gasteiger partial charge in [-0.3, -0.25) is 0 Å². The molecule has 4 rings (SSSR count). The molecule has 5 nitrogen and oxygen atoms in total. The average Bonchev–Trinajstić information content (AvgIpc) is 2.66. The number of aryl methyl sites for hydroxylation is 1. The molecule has 1 aliphatic rings. The van der Waals surface area contributed by atoms with Gasteiger partial charge in [-0.25, -0.2) is 13.6 Å². The van der Waals surface area contributed by atoms with Crippen LogP contribution in [-0.2, 0) is 15.8 Å². The molecule has 0 aliphatic carbocycles. The Labute approximate surface area is 173 Å².